The summed E-state index contributed by atoms with van der Waals surface area (Å²) in [5.74, 6) is 0.788. The van der Waals surface area contributed by atoms with Gasteiger partial charge in [0.25, 0.3) is 0 Å². The van der Waals surface area contributed by atoms with E-state index in [0.29, 0.717) is 6.42 Å². The van der Waals surface area contributed by atoms with Gasteiger partial charge in [-0.3, -0.25) is 4.84 Å². The highest BCUT2D eigenvalue weighted by Gasteiger charge is 2.04. The van der Waals surface area contributed by atoms with Gasteiger partial charge in [-0.05, 0) is 12.1 Å². The number of carbonyl (C=O) groups is 1. The Balaban J connectivity index is 1.89. The third-order valence-electron chi connectivity index (χ3n) is 2.20. The van der Waals surface area contributed by atoms with Crippen molar-refractivity contribution in [1.29, 1.82) is 0 Å². The molecule has 0 unspecified atom stereocenters. The van der Waals surface area contributed by atoms with E-state index in [1.807, 2.05) is 24.3 Å². The summed E-state index contributed by atoms with van der Waals surface area (Å²) < 4.78 is 4.85. The van der Waals surface area contributed by atoms with Crippen LogP contribution < -0.4 is 5.48 Å². The molecule has 0 bridgehead atoms. The van der Waals surface area contributed by atoms with Crippen molar-refractivity contribution in [3.63, 3.8) is 0 Å². The molecule has 6 nitrogen and oxygen atoms in total. The van der Waals surface area contributed by atoms with Crippen molar-refractivity contribution in [2.45, 2.75) is 6.42 Å². The van der Waals surface area contributed by atoms with Gasteiger partial charge >= 0.3 is 6.09 Å². The standard InChI is InChI=1S/C11H13N3O3/c1-16-14-11(15)17-7-6-10-12-8-4-2-3-5-9(8)13-10/h2-5H,6-7H2,1H3,(H,12,13)(H,14,15). The maximum atomic E-state index is 10.9. The maximum Gasteiger partial charge on any atom is 0.431 e. The molecule has 0 atom stereocenters. The molecule has 0 aliphatic carbocycles. The van der Waals surface area contributed by atoms with E-state index in [-0.39, 0.29) is 6.61 Å². The van der Waals surface area contributed by atoms with Gasteiger partial charge in [-0.1, -0.05) is 12.1 Å². The number of hydrogen-bond donors (Lipinski definition) is 2. The Morgan fingerprint density at radius 2 is 2.29 bits per heavy atom. The van der Waals surface area contributed by atoms with E-state index >= 15 is 0 Å². The smallest absolute Gasteiger partial charge is 0.431 e. The number of nitrogens with one attached hydrogen (secondary N) is 2. The Hall–Kier alpha value is -2.08. The van der Waals surface area contributed by atoms with E-state index in [1.165, 1.54) is 7.11 Å². The number of imidazole rings is 1. The average molecular weight is 235 g/mol. The zero-order valence-electron chi connectivity index (χ0n) is 9.40. The largest absolute Gasteiger partial charge is 0.448 e. The lowest BCUT2D eigenvalue weighted by molar-refractivity contribution is 0.0590. The van der Waals surface area contributed by atoms with E-state index < -0.39 is 6.09 Å². The van der Waals surface area contributed by atoms with Gasteiger partial charge in [0.15, 0.2) is 0 Å². The van der Waals surface area contributed by atoms with Crippen molar-refractivity contribution in [2.75, 3.05) is 13.7 Å². The number of aromatic amines is 1. The van der Waals surface area contributed by atoms with Gasteiger partial charge in [-0.15, -0.1) is 0 Å². The van der Waals surface area contributed by atoms with Crippen LogP contribution in [0.25, 0.3) is 11.0 Å². The Labute approximate surface area is 97.9 Å². The second-order valence-corrected chi connectivity index (χ2v) is 3.39. The number of para-hydroxylation sites is 2. The molecule has 0 aliphatic heterocycles. The molecule has 0 radical (unpaired) electrons. The number of aromatic nitrogens is 2. The lowest BCUT2D eigenvalue weighted by Gasteiger charge is -2.02. The summed E-state index contributed by atoms with van der Waals surface area (Å²) in [6, 6.07) is 7.74. The van der Waals surface area contributed by atoms with E-state index in [0.717, 1.165) is 16.9 Å². The Bertz CT molecular complexity index is 476. The highest BCUT2D eigenvalue weighted by molar-refractivity contribution is 5.74. The SMILES string of the molecule is CONC(=O)OCCc1nc2ccccc2[nH]1. The first kappa shape index (κ1) is 11.4. The maximum absolute atomic E-state index is 10.9. The molecule has 0 saturated heterocycles. The molecule has 0 saturated carbocycles. The third kappa shape index (κ3) is 2.94. The van der Waals surface area contributed by atoms with Gasteiger partial charge in [-0.25, -0.2) is 9.78 Å². The molecule has 2 rings (SSSR count). The van der Waals surface area contributed by atoms with Crippen molar-refractivity contribution in [2.24, 2.45) is 0 Å². The molecule has 1 amide bonds. The molecule has 2 aromatic rings. The lowest BCUT2D eigenvalue weighted by Crippen LogP contribution is -2.23. The van der Waals surface area contributed by atoms with Crippen LogP contribution in [0.3, 0.4) is 0 Å². The summed E-state index contributed by atoms with van der Waals surface area (Å²) in [5.41, 5.74) is 3.95. The van der Waals surface area contributed by atoms with Gasteiger partial charge < -0.3 is 9.72 Å². The average Bonchev–Trinajstić information content (AvgIpc) is 2.71. The summed E-state index contributed by atoms with van der Waals surface area (Å²) in [4.78, 5) is 22.8. The van der Waals surface area contributed by atoms with Gasteiger partial charge in [0.2, 0.25) is 0 Å². The Morgan fingerprint density at radius 3 is 3.06 bits per heavy atom. The summed E-state index contributed by atoms with van der Waals surface area (Å²) in [6.45, 7) is 0.245. The minimum Gasteiger partial charge on any atom is -0.448 e. The van der Waals surface area contributed by atoms with Gasteiger partial charge in [0.05, 0.1) is 18.1 Å². The second-order valence-electron chi connectivity index (χ2n) is 3.39. The minimum atomic E-state index is -0.608. The van der Waals surface area contributed by atoms with Crippen molar-refractivity contribution in [3.05, 3.63) is 30.1 Å². The number of nitrogens with zero attached hydrogens (tertiary/aromatic N) is 1. The van der Waals surface area contributed by atoms with Gasteiger partial charge in [0.1, 0.15) is 12.4 Å². The van der Waals surface area contributed by atoms with Crippen LogP contribution in [0.15, 0.2) is 24.3 Å². The summed E-state index contributed by atoms with van der Waals surface area (Å²) in [5, 5.41) is 0. The summed E-state index contributed by atoms with van der Waals surface area (Å²) in [7, 11) is 1.35. The fraction of sp³-hybridized carbons (Fsp3) is 0.273. The zero-order valence-corrected chi connectivity index (χ0v) is 9.40. The van der Waals surface area contributed by atoms with Crippen molar-refractivity contribution in [1.82, 2.24) is 15.4 Å². The molecule has 0 spiro atoms. The van der Waals surface area contributed by atoms with Crippen molar-refractivity contribution >= 4 is 17.1 Å². The molecular formula is C11H13N3O3. The number of hydroxylamine groups is 1. The van der Waals surface area contributed by atoms with E-state index in [9.17, 15) is 4.79 Å². The van der Waals surface area contributed by atoms with Crippen LogP contribution in [0.2, 0.25) is 0 Å². The molecule has 1 aromatic heterocycles. The van der Waals surface area contributed by atoms with Crippen LogP contribution in [-0.2, 0) is 16.0 Å². The fourth-order valence-electron chi connectivity index (χ4n) is 1.48. The number of hydrogen-bond acceptors (Lipinski definition) is 4. The van der Waals surface area contributed by atoms with Crippen LogP contribution in [0.4, 0.5) is 4.79 Å². The highest BCUT2D eigenvalue weighted by Crippen LogP contribution is 2.10. The number of benzene rings is 1. The van der Waals surface area contributed by atoms with Crippen LogP contribution in [-0.4, -0.2) is 29.8 Å². The van der Waals surface area contributed by atoms with E-state index in [2.05, 4.69) is 20.3 Å². The number of H-pyrrole nitrogens is 1. The molecule has 2 N–H and O–H groups in total. The number of amides is 1. The lowest BCUT2D eigenvalue weighted by atomic mass is 10.3. The third-order valence-corrected chi connectivity index (χ3v) is 2.20. The first-order chi connectivity index (χ1) is 8.29. The molecule has 90 valence electrons. The minimum absolute atomic E-state index is 0.245. The molecular weight excluding hydrogens is 222 g/mol. The molecule has 1 aromatic carbocycles. The van der Waals surface area contributed by atoms with Crippen molar-refractivity contribution < 1.29 is 14.4 Å². The topological polar surface area (TPSA) is 76.2 Å². The Morgan fingerprint density at radius 1 is 1.47 bits per heavy atom. The van der Waals surface area contributed by atoms with Crippen LogP contribution in [0.1, 0.15) is 5.82 Å². The van der Waals surface area contributed by atoms with Gasteiger partial charge in [-0.2, -0.15) is 5.48 Å². The second kappa shape index (κ2) is 5.31. The predicted octanol–water partition coefficient (Wildman–Crippen LogP) is 1.39. The normalized spacial score (nSPS) is 10.4. The van der Waals surface area contributed by atoms with E-state index in [1.54, 1.807) is 0 Å². The van der Waals surface area contributed by atoms with Crippen molar-refractivity contribution in [3.8, 4) is 0 Å². The highest BCUT2D eigenvalue weighted by atomic mass is 16.7. The van der Waals surface area contributed by atoms with Crippen LogP contribution >= 0.6 is 0 Å². The molecule has 0 aliphatic rings. The number of carbonyl (C=O) groups excluding carboxylic acids is 1. The number of fused-ring (bicyclic) bond motifs is 1. The quantitative estimate of drug-likeness (QED) is 0.785. The van der Waals surface area contributed by atoms with E-state index in [4.69, 9.17) is 4.74 Å². The molecule has 1 heterocycles. The number of ether oxygens (including phenoxy) is 1. The fourth-order valence-corrected chi connectivity index (χ4v) is 1.48. The monoisotopic (exact) mass is 235 g/mol. The zero-order chi connectivity index (χ0) is 12.1. The number of rotatable bonds is 4. The molecule has 17 heavy (non-hydrogen) atoms. The van der Waals surface area contributed by atoms with Crippen LogP contribution in [0, 0.1) is 0 Å². The predicted molar refractivity (Wildman–Crippen MR) is 61.3 cm³/mol. The molecule has 6 heteroatoms. The summed E-state index contributed by atoms with van der Waals surface area (Å²) in [6.07, 6.45) is -0.0742. The summed E-state index contributed by atoms with van der Waals surface area (Å²) >= 11 is 0. The van der Waals surface area contributed by atoms with Crippen LogP contribution in [0.5, 0.6) is 0 Å². The molecule has 0 fully saturated rings. The first-order valence-corrected chi connectivity index (χ1v) is 5.19. The van der Waals surface area contributed by atoms with Gasteiger partial charge in [0, 0.05) is 6.42 Å². The first-order valence-electron chi connectivity index (χ1n) is 5.19. The Kier molecular flexibility index (Phi) is 3.56.